The average molecular weight is 379 g/mol. The molecule has 4 rings (SSSR count). The molecule has 1 aliphatic carbocycles. The number of para-hydroxylation sites is 1. The lowest BCUT2D eigenvalue weighted by atomic mass is 10.1. The van der Waals surface area contributed by atoms with E-state index < -0.39 is 0 Å². The molecule has 2 heterocycles. The smallest absolute Gasteiger partial charge is 0.228 e. The van der Waals surface area contributed by atoms with Crippen molar-refractivity contribution < 1.29 is 9.53 Å². The van der Waals surface area contributed by atoms with Crippen LogP contribution in [0.4, 0.5) is 17.2 Å². The van der Waals surface area contributed by atoms with Gasteiger partial charge in [-0.25, -0.2) is 4.98 Å². The zero-order valence-electron chi connectivity index (χ0n) is 15.9. The van der Waals surface area contributed by atoms with Gasteiger partial charge in [-0.05, 0) is 31.9 Å². The number of amides is 1. The molecule has 28 heavy (non-hydrogen) atoms. The Bertz CT molecular complexity index is 1030. The fourth-order valence-corrected chi connectivity index (χ4v) is 2.85. The first-order chi connectivity index (χ1) is 13.5. The van der Waals surface area contributed by atoms with Gasteiger partial charge in [-0.2, -0.15) is 10.2 Å². The van der Waals surface area contributed by atoms with E-state index in [1.807, 2.05) is 32.2 Å². The van der Waals surface area contributed by atoms with Gasteiger partial charge >= 0.3 is 0 Å². The van der Waals surface area contributed by atoms with Gasteiger partial charge in [-0.15, -0.1) is 5.10 Å². The van der Waals surface area contributed by atoms with Crippen LogP contribution in [0.15, 0.2) is 30.6 Å². The number of nitrogens with one attached hydrogen (secondary N) is 2. The number of benzene rings is 1. The molecule has 9 nitrogen and oxygen atoms in total. The van der Waals surface area contributed by atoms with Crippen LogP contribution in [0, 0.1) is 12.8 Å². The standard InChI is InChI=1S/C19H21N7O2/c1-11-15(9-16(24-23-11)22-19(27)12-7-8-12)21-14-6-4-5-13(17(14)28-3)18-20-10-26(2)25-18/h4-6,9-10,12H,7-8H2,1-3H3,(H2,21,22,24,27). The van der Waals surface area contributed by atoms with Gasteiger partial charge in [0.25, 0.3) is 0 Å². The quantitative estimate of drug-likeness (QED) is 0.678. The Hall–Kier alpha value is -3.49. The minimum atomic E-state index is -0.00935. The molecule has 2 N–H and O–H groups in total. The molecule has 0 aliphatic heterocycles. The van der Waals surface area contributed by atoms with Gasteiger partial charge in [0.15, 0.2) is 17.4 Å². The number of carbonyl (C=O) groups is 1. The second-order valence-corrected chi connectivity index (χ2v) is 6.75. The van der Waals surface area contributed by atoms with E-state index in [0.717, 1.165) is 29.8 Å². The number of rotatable bonds is 6. The van der Waals surface area contributed by atoms with Gasteiger partial charge in [-0.3, -0.25) is 9.48 Å². The topological polar surface area (TPSA) is 107 Å². The molecular weight excluding hydrogens is 358 g/mol. The van der Waals surface area contributed by atoms with E-state index in [1.165, 1.54) is 0 Å². The van der Waals surface area contributed by atoms with Gasteiger partial charge in [0.05, 0.1) is 29.7 Å². The van der Waals surface area contributed by atoms with Gasteiger partial charge < -0.3 is 15.4 Å². The molecule has 9 heteroatoms. The number of carbonyl (C=O) groups excluding carboxylic acids is 1. The summed E-state index contributed by atoms with van der Waals surface area (Å²) in [7, 11) is 3.42. The summed E-state index contributed by atoms with van der Waals surface area (Å²) in [5, 5.41) is 18.7. The molecule has 1 aromatic carbocycles. The largest absolute Gasteiger partial charge is 0.494 e. The van der Waals surface area contributed by atoms with Crippen LogP contribution >= 0.6 is 0 Å². The summed E-state index contributed by atoms with van der Waals surface area (Å²) in [5.74, 6) is 1.71. The van der Waals surface area contributed by atoms with Crippen molar-refractivity contribution in [3.63, 3.8) is 0 Å². The van der Waals surface area contributed by atoms with Crippen molar-refractivity contribution in [1.29, 1.82) is 0 Å². The zero-order chi connectivity index (χ0) is 19.7. The first-order valence-electron chi connectivity index (χ1n) is 9.00. The maximum Gasteiger partial charge on any atom is 0.228 e. The van der Waals surface area contributed by atoms with E-state index in [9.17, 15) is 4.79 Å². The Balaban J connectivity index is 1.64. The summed E-state index contributed by atoms with van der Waals surface area (Å²) in [6.07, 6.45) is 3.50. The number of methoxy groups -OCH3 is 1. The van der Waals surface area contributed by atoms with E-state index in [-0.39, 0.29) is 11.8 Å². The molecule has 144 valence electrons. The first kappa shape index (κ1) is 17.9. The van der Waals surface area contributed by atoms with Gasteiger partial charge in [0, 0.05) is 19.0 Å². The maximum absolute atomic E-state index is 12.0. The number of nitrogens with zero attached hydrogens (tertiary/aromatic N) is 5. The van der Waals surface area contributed by atoms with Crippen LogP contribution in [-0.4, -0.2) is 38.0 Å². The van der Waals surface area contributed by atoms with Crippen molar-refractivity contribution in [1.82, 2.24) is 25.0 Å². The summed E-state index contributed by atoms with van der Waals surface area (Å²) < 4.78 is 7.27. The normalized spacial score (nSPS) is 13.2. The van der Waals surface area contributed by atoms with E-state index in [4.69, 9.17) is 4.74 Å². The monoisotopic (exact) mass is 379 g/mol. The van der Waals surface area contributed by atoms with Crippen LogP contribution in [0.2, 0.25) is 0 Å². The first-order valence-corrected chi connectivity index (χ1v) is 9.00. The van der Waals surface area contributed by atoms with Gasteiger partial charge in [0.1, 0.15) is 6.33 Å². The highest BCUT2D eigenvalue weighted by molar-refractivity contribution is 5.93. The Kier molecular flexibility index (Phi) is 4.64. The minimum Gasteiger partial charge on any atom is -0.494 e. The molecule has 0 atom stereocenters. The molecule has 0 radical (unpaired) electrons. The SMILES string of the molecule is COc1c(Nc2cc(NC(=O)C3CC3)nnc2C)cccc1-c1ncn(C)n1. The van der Waals surface area contributed by atoms with Gasteiger partial charge in [0.2, 0.25) is 5.91 Å². The lowest BCUT2D eigenvalue weighted by Gasteiger charge is -2.15. The van der Waals surface area contributed by atoms with Crippen molar-refractivity contribution in [2.75, 3.05) is 17.7 Å². The van der Waals surface area contributed by atoms with Crippen molar-refractivity contribution in [2.24, 2.45) is 13.0 Å². The third-order valence-electron chi connectivity index (χ3n) is 4.51. The Morgan fingerprint density at radius 2 is 2.07 bits per heavy atom. The van der Waals surface area contributed by atoms with Crippen LogP contribution in [-0.2, 0) is 11.8 Å². The molecule has 1 saturated carbocycles. The third kappa shape index (κ3) is 3.64. The maximum atomic E-state index is 12.0. The van der Waals surface area contributed by atoms with Crippen molar-refractivity contribution in [3.05, 3.63) is 36.3 Å². The highest BCUT2D eigenvalue weighted by atomic mass is 16.5. The second-order valence-electron chi connectivity index (χ2n) is 6.75. The molecule has 3 aromatic rings. The number of aryl methyl sites for hydroxylation is 2. The summed E-state index contributed by atoms with van der Waals surface area (Å²) in [4.78, 5) is 16.3. The molecule has 0 spiro atoms. The fourth-order valence-electron chi connectivity index (χ4n) is 2.85. The number of aromatic nitrogens is 5. The number of hydrogen-bond donors (Lipinski definition) is 2. The van der Waals surface area contributed by atoms with E-state index in [1.54, 1.807) is 24.2 Å². The highest BCUT2D eigenvalue weighted by Gasteiger charge is 2.30. The number of anilines is 3. The molecule has 0 saturated heterocycles. The lowest BCUT2D eigenvalue weighted by Crippen LogP contribution is -2.15. The highest BCUT2D eigenvalue weighted by Crippen LogP contribution is 2.37. The van der Waals surface area contributed by atoms with E-state index in [2.05, 4.69) is 30.9 Å². The summed E-state index contributed by atoms with van der Waals surface area (Å²) >= 11 is 0. The van der Waals surface area contributed by atoms with Crippen LogP contribution in [0.25, 0.3) is 11.4 Å². The third-order valence-corrected chi connectivity index (χ3v) is 4.51. The summed E-state index contributed by atoms with van der Waals surface area (Å²) in [6, 6.07) is 7.47. The Labute approximate surface area is 162 Å². The molecule has 2 aromatic heterocycles. The van der Waals surface area contributed by atoms with Crippen LogP contribution in [0.1, 0.15) is 18.5 Å². The minimum absolute atomic E-state index is 0.00935. The molecule has 0 unspecified atom stereocenters. The van der Waals surface area contributed by atoms with Crippen molar-refractivity contribution in [3.8, 4) is 17.1 Å². The predicted octanol–water partition coefficient (Wildman–Crippen LogP) is 2.68. The zero-order valence-corrected chi connectivity index (χ0v) is 15.9. The molecular formula is C19H21N7O2. The molecule has 1 aliphatic rings. The molecule has 1 amide bonds. The van der Waals surface area contributed by atoms with E-state index in [0.29, 0.717) is 23.1 Å². The van der Waals surface area contributed by atoms with Crippen LogP contribution < -0.4 is 15.4 Å². The van der Waals surface area contributed by atoms with E-state index >= 15 is 0 Å². The van der Waals surface area contributed by atoms with Gasteiger partial charge in [-0.1, -0.05) is 6.07 Å². The van der Waals surface area contributed by atoms with Crippen molar-refractivity contribution >= 4 is 23.1 Å². The van der Waals surface area contributed by atoms with Crippen LogP contribution in [0.3, 0.4) is 0 Å². The summed E-state index contributed by atoms with van der Waals surface area (Å²) in [6.45, 7) is 1.85. The fraction of sp³-hybridized carbons (Fsp3) is 0.316. The molecule has 1 fully saturated rings. The molecule has 0 bridgehead atoms. The van der Waals surface area contributed by atoms with Crippen molar-refractivity contribution in [2.45, 2.75) is 19.8 Å². The lowest BCUT2D eigenvalue weighted by molar-refractivity contribution is -0.117. The number of hydrogen-bond acceptors (Lipinski definition) is 7. The Morgan fingerprint density at radius 1 is 1.25 bits per heavy atom. The Morgan fingerprint density at radius 3 is 2.75 bits per heavy atom. The average Bonchev–Trinajstić information content (AvgIpc) is 3.45. The van der Waals surface area contributed by atoms with Crippen LogP contribution in [0.5, 0.6) is 5.75 Å². The second kappa shape index (κ2) is 7.26. The number of ether oxygens (including phenoxy) is 1. The summed E-state index contributed by atoms with van der Waals surface area (Å²) in [5.41, 5.74) is 2.94. The predicted molar refractivity (Wildman–Crippen MR) is 104 cm³/mol.